The molecule has 2 rings (SSSR count). The van der Waals surface area contributed by atoms with Crippen LogP contribution in [-0.4, -0.2) is 72.1 Å². The van der Waals surface area contributed by atoms with Gasteiger partial charge in [0.1, 0.15) is 0 Å². The van der Waals surface area contributed by atoms with E-state index in [2.05, 4.69) is 38.7 Å². The van der Waals surface area contributed by atoms with Gasteiger partial charge in [0.25, 0.3) is 0 Å². The van der Waals surface area contributed by atoms with Gasteiger partial charge in [-0.15, -0.1) is 12.6 Å². The van der Waals surface area contributed by atoms with Crippen LogP contribution in [0.25, 0.3) is 0 Å². The van der Waals surface area contributed by atoms with Gasteiger partial charge in [0.2, 0.25) is 0 Å². The van der Waals surface area contributed by atoms with Crippen molar-refractivity contribution >= 4 is 47.6 Å². The maximum atomic E-state index is 12.6. The number of ether oxygens (including phenoxy) is 1. The number of nitrogens with two attached hydrogens (primary N) is 1. The number of allylic oxidation sites excluding steroid dienone is 6. The Morgan fingerprint density at radius 1 is 1.32 bits per heavy atom. The molecule has 0 amide bonds. The number of nitrogens with zero attached hydrogens (tertiary/aromatic N) is 3. The highest BCUT2D eigenvalue weighted by Gasteiger charge is 2.19. The minimum Gasteiger partial charge on any atom is -0.465 e. The van der Waals surface area contributed by atoms with Crippen LogP contribution in [0.2, 0.25) is 0 Å². The van der Waals surface area contributed by atoms with Gasteiger partial charge in [-0.1, -0.05) is 42.6 Å². The third-order valence-corrected chi connectivity index (χ3v) is 8.00. The molecule has 2 aliphatic rings. The predicted octanol–water partition coefficient (Wildman–Crippen LogP) is 3.61. The molecule has 1 saturated heterocycles. The van der Waals surface area contributed by atoms with E-state index in [0.29, 0.717) is 41.7 Å². The molecule has 1 atom stereocenters. The van der Waals surface area contributed by atoms with Crippen molar-refractivity contribution in [1.82, 2.24) is 14.5 Å². The average Bonchev–Trinajstić information content (AvgIpc) is 3.04. The lowest BCUT2D eigenvalue weighted by molar-refractivity contribution is -0.144. The fourth-order valence-electron chi connectivity index (χ4n) is 3.52. The van der Waals surface area contributed by atoms with Crippen LogP contribution in [0.3, 0.4) is 0 Å². The smallest absolute Gasteiger partial charge is 0.320 e. The summed E-state index contributed by atoms with van der Waals surface area (Å²) >= 11 is 5.87. The summed E-state index contributed by atoms with van der Waals surface area (Å²) in [4.78, 5) is 21.2. The molecule has 0 radical (unpaired) electrons. The molecule has 1 aliphatic heterocycles. The number of thiol groups is 1. The highest BCUT2D eigenvalue weighted by atomic mass is 32.2. The van der Waals surface area contributed by atoms with E-state index >= 15 is 0 Å². The number of nitrogens with one attached hydrogen (secondary N) is 1. The van der Waals surface area contributed by atoms with Crippen LogP contribution in [0.1, 0.15) is 20.3 Å². The summed E-state index contributed by atoms with van der Waals surface area (Å²) < 4.78 is 21.3. The van der Waals surface area contributed by atoms with Crippen molar-refractivity contribution in [1.29, 1.82) is 0 Å². The van der Waals surface area contributed by atoms with E-state index in [1.807, 2.05) is 44.2 Å². The van der Waals surface area contributed by atoms with Crippen LogP contribution in [0.5, 0.6) is 0 Å². The van der Waals surface area contributed by atoms with Gasteiger partial charge in [-0.05, 0) is 43.4 Å². The molecule has 8 nitrogen and oxygen atoms in total. The molecule has 1 fully saturated rings. The highest BCUT2D eigenvalue weighted by Crippen LogP contribution is 2.22. The summed E-state index contributed by atoms with van der Waals surface area (Å²) in [6, 6.07) is 0. The van der Waals surface area contributed by atoms with E-state index in [1.165, 1.54) is 11.8 Å². The second kappa shape index (κ2) is 17.2. The summed E-state index contributed by atoms with van der Waals surface area (Å²) in [6.45, 7) is 12.1. The lowest BCUT2D eigenvalue weighted by Crippen LogP contribution is -2.48. The second-order valence-electron chi connectivity index (χ2n) is 8.02. The summed E-state index contributed by atoms with van der Waals surface area (Å²) in [5.41, 5.74) is 8.31. The van der Waals surface area contributed by atoms with E-state index < -0.39 is 11.0 Å². The number of carbonyl (C=O) groups is 1. The second-order valence-corrected chi connectivity index (χ2v) is 11.0. The number of esters is 1. The number of piperazine rings is 1. The molecule has 3 N–H and O–H groups in total. The van der Waals surface area contributed by atoms with Gasteiger partial charge in [-0.3, -0.25) is 24.3 Å². The van der Waals surface area contributed by atoms with Crippen LogP contribution >= 0.6 is 24.4 Å². The average molecular weight is 564 g/mol. The van der Waals surface area contributed by atoms with Crippen LogP contribution < -0.4 is 10.5 Å². The molecular formula is C26H37N5O3S3. The minimum atomic E-state index is -1.43. The van der Waals surface area contributed by atoms with Gasteiger partial charge in [0.05, 0.1) is 28.8 Å². The molecule has 11 heteroatoms. The summed E-state index contributed by atoms with van der Waals surface area (Å²) in [5.74, 6) is -0.172. The Kier molecular flexibility index (Phi) is 14.4. The quantitative estimate of drug-likeness (QED) is 0.179. The Morgan fingerprint density at radius 2 is 2.03 bits per heavy atom. The van der Waals surface area contributed by atoms with E-state index in [9.17, 15) is 9.00 Å². The molecule has 0 aromatic carbocycles. The van der Waals surface area contributed by atoms with Gasteiger partial charge >= 0.3 is 5.97 Å². The fraction of sp³-hybridized carbons (Fsp3) is 0.385. The molecule has 0 bridgehead atoms. The molecule has 37 heavy (non-hydrogen) atoms. The van der Waals surface area contributed by atoms with Crippen LogP contribution in [0.4, 0.5) is 0 Å². The molecule has 0 saturated carbocycles. The van der Waals surface area contributed by atoms with Crippen molar-refractivity contribution in [3.05, 3.63) is 80.8 Å². The number of thioether (sulfide) groups is 1. The largest absolute Gasteiger partial charge is 0.465 e. The number of aliphatic imine (C=N–C) groups is 1. The number of hydrogen-bond acceptors (Lipinski definition) is 9. The molecule has 0 spiro atoms. The topological polar surface area (TPSA) is 100 Å². The minimum absolute atomic E-state index is 0.172. The molecule has 0 aromatic rings. The molecular weight excluding hydrogens is 527 g/mol. The Morgan fingerprint density at radius 3 is 2.68 bits per heavy atom. The third kappa shape index (κ3) is 11.3. The van der Waals surface area contributed by atoms with Gasteiger partial charge < -0.3 is 10.5 Å². The molecule has 1 unspecified atom stereocenters. The van der Waals surface area contributed by atoms with E-state index in [0.717, 1.165) is 36.7 Å². The number of hydrogen-bond donors (Lipinski definition) is 3. The zero-order chi connectivity index (χ0) is 27.0. The first-order chi connectivity index (χ1) is 17.9. The van der Waals surface area contributed by atoms with Crippen molar-refractivity contribution in [2.24, 2.45) is 10.7 Å². The maximum absolute atomic E-state index is 12.6. The van der Waals surface area contributed by atoms with Gasteiger partial charge in [-0.25, -0.2) is 4.21 Å². The summed E-state index contributed by atoms with van der Waals surface area (Å²) in [6.07, 6.45) is 15.4. The van der Waals surface area contributed by atoms with Crippen molar-refractivity contribution in [3.8, 4) is 0 Å². The van der Waals surface area contributed by atoms with Crippen LogP contribution in [0, 0.1) is 0 Å². The first-order valence-corrected chi connectivity index (χ1v) is 14.5. The number of rotatable bonds is 13. The van der Waals surface area contributed by atoms with Gasteiger partial charge in [0, 0.05) is 50.0 Å². The van der Waals surface area contributed by atoms with Crippen molar-refractivity contribution in [2.75, 3.05) is 45.9 Å². The maximum Gasteiger partial charge on any atom is 0.320 e. The monoisotopic (exact) mass is 563 g/mol. The van der Waals surface area contributed by atoms with E-state index in [1.54, 1.807) is 23.9 Å². The Labute approximate surface area is 232 Å². The van der Waals surface area contributed by atoms with Gasteiger partial charge in [0.15, 0.2) is 11.0 Å². The normalized spacial score (nSPS) is 19.3. The molecule has 1 heterocycles. The first kappa shape index (κ1) is 30.9. The third-order valence-electron chi connectivity index (χ3n) is 5.36. The first-order valence-electron chi connectivity index (χ1n) is 12.0. The zero-order valence-corrected chi connectivity index (χ0v) is 24.0. The van der Waals surface area contributed by atoms with Crippen LogP contribution in [0.15, 0.2) is 85.7 Å². The molecule has 0 aromatic heterocycles. The van der Waals surface area contributed by atoms with Crippen LogP contribution in [-0.2, 0) is 20.5 Å². The number of carbonyl (C=O) groups excluding carboxylic acids is 1. The zero-order valence-electron chi connectivity index (χ0n) is 21.5. The van der Waals surface area contributed by atoms with Crippen molar-refractivity contribution in [3.63, 3.8) is 0 Å². The standard InChI is InChI=1S/C26H37N5O3S3/c1-4-25(36-6-3)37(33)29-23-12-8-7-10-21(26(23)27)11-9-13-28-18-22(35)19-30-14-16-31(17-15-30)20-24(32)34-5-2/h4,6,8-13,18,29,35H,3,5,7,14-17,19-20,27H2,1-2H3/b11-9+,22-18-,25-4+,28-13+. The van der Waals surface area contributed by atoms with E-state index in [4.69, 9.17) is 10.5 Å². The lowest BCUT2D eigenvalue weighted by atomic mass is 10.1. The molecule has 202 valence electrons. The predicted molar refractivity (Wildman–Crippen MR) is 160 cm³/mol. The summed E-state index contributed by atoms with van der Waals surface area (Å²) in [5, 5.41) is 1.64. The fourth-order valence-corrected chi connectivity index (χ4v) is 5.46. The highest BCUT2D eigenvalue weighted by molar-refractivity contribution is 8.17. The van der Waals surface area contributed by atoms with Crippen molar-refractivity contribution in [2.45, 2.75) is 20.3 Å². The SMILES string of the molecule is C=CS/C(=C\C)S(=O)NC1=C(N)C(/C=C/C=N/C=C(\S)CN2CCN(CC(=O)OCC)CC2)=CCC=C1. The van der Waals surface area contributed by atoms with Gasteiger partial charge in [-0.2, -0.15) is 0 Å². The summed E-state index contributed by atoms with van der Waals surface area (Å²) in [7, 11) is -1.43. The Hall–Kier alpha value is -2.31. The Bertz CT molecular complexity index is 1040. The lowest BCUT2D eigenvalue weighted by Gasteiger charge is -2.33. The van der Waals surface area contributed by atoms with Crippen molar-refractivity contribution < 1.29 is 13.7 Å². The Balaban J connectivity index is 1.87. The van der Waals surface area contributed by atoms with E-state index in [-0.39, 0.29) is 5.97 Å². The molecule has 1 aliphatic carbocycles.